The van der Waals surface area contributed by atoms with Gasteiger partial charge in [-0.05, 0) is 32.6 Å². The van der Waals surface area contributed by atoms with Crippen molar-refractivity contribution in [3.63, 3.8) is 0 Å². The van der Waals surface area contributed by atoms with E-state index in [0.717, 1.165) is 0 Å². The Morgan fingerprint density at radius 3 is 2.62 bits per heavy atom. The third kappa shape index (κ3) is 3.78. The molecule has 0 aliphatic carbocycles. The molecule has 118 valence electrons. The second-order valence-corrected chi connectivity index (χ2v) is 5.25. The fraction of sp³-hybridized carbons (Fsp3) is 0.692. The summed E-state index contributed by atoms with van der Waals surface area (Å²) in [5, 5.41) is 0. The number of likely N-dealkylation sites (tertiary alicyclic amines) is 1. The van der Waals surface area contributed by atoms with Gasteiger partial charge in [0.1, 0.15) is 0 Å². The quantitative estimate of drug-likeness (QED) is 0.172. The van der Waals surface area contributed by atoms with Crippen molar-refractivity contribution in [2.45, 2.75) is 44.2 Å². The number of nitrogens with two attached hydrogens (primary N) is 3. The van der Waals surface area contributed by atoms with E-state index < -0.39 is 11.6 Å². The van der Waals surface area contributed by atoms with Crippen LogP contribution in [0.25, 0.3) is 0 Å². The van der Waals surface area contributed by atoms with Crippen molar-refractivity contribution in [1.82, 2.24) is 4.90 Å². The summed E-state index contributed by atoms with van der Waals surface area (Å²) >= 11 is 0. The number of carbonyl (C=O) groups excluding carboxylic acids is 3. The van der Waals surface area contributed by atoms with E-state index in [0.29, 0.717) is 45.1 Å². The van der Waals surface area contributed by atoms with Crippen LogP contribution in [0.3, 0.4) is 0 Å². The minimum atomic E-state index is -1.34. The molecule has 1 aliphatic rings. The Kier molecular flexibility index (Phi) is 5.83. The first kappa shape index (κ1) is 17.1. The summed E-state index contributed by atoms with van der Waals surface area (Å²) in [5.41, 5.74) is 14.9. The standard InChI is InChI=1S/C13H23N5O3/c1-9(20)13(8-19)5-3-7-18(13)11(21)10(14)4-2-6-17-12(15)16/h8,10H,2-7,14H2,1H3,(H4,15,16,17)/t10-,13-/m0/s1. The molecule has 8 nitrogen and oxygen atoms in total. The molecule has 0 spiro atoms. The highest BCUT2D eigenvalue weighted by molar-refractivity contribution is 6.05. The summed E-state index contributed by atoms with van der Waals surface area (Å²) in [5.74, 6) is -0.707. The number of hydrogen-bond donors (Lipinski definition) is 3. The first-order valence-corrected chi connectivity index (χ1v) is 6.95. The molecule has 0 saturated carbocycles. The number of Topliss-reactive ketones (excluding diaryl/α,β-unsaturated/α-hetero) is 1. The molecule has 0 unspecified atom stereocenters. The highest BCUT2D eigenvalue weighted by Gasteiger charge is 2.48. The number of amides is 1. The number of aldehydes is 1. The summed E-state index contributed by atoms with van der Waals surface area (Å²) in [6.45, 7) is 2.08. The zero-order valence-electron chi connectivity index (χ0n) is 12.2. The lowest BCUT2D eigenvalue weighted by molar-refractivity contribution is -0.147. The van der Waals surface area contributed by atoms with Gasteiger partial charge in [-0.3, -0.25) is 14.6 Å². The van der Waals surface area contributed by atoms with E-state index in [1.807, 2.05) is 0 Å². The Balaban J connectivity index is 2.66. The molecule has 1 heterocycles. The number of rotatable bonds is 7. The zero-order chi connectivity index (χ0) is 16.0. The van der Waals surface area contributed by atoms with Gasteiger partial charge in [0.2, 0.25) is 5.91 Å². The average molecular weight is 297 g/mol. The predicted octanol–water partition coefficient (Wildman–Crippen LogP) is -1.48. The fourth-order valence-corrected chi connectivity index (χ4v) is 2.56. The van der Waals surface area contributed by atoms with Crippen LogP contribution in [-0.2, 0) is 14.4 Å². The van der Waals surface area contributed by atoms with E-state index in [9.17, 15) is 14.4 Å². The first-order valence-electron chi connectivity index (χ1n) is 6.95. The van der Waals surface area contributed by atoms with Crippen LogP contribution >= 0.6 is 0 Å². The van der Waals surface area contributed by atoms with Crippen molar-refractivity contribution in [3.05, 3.63) is 0 Å². The Bertz CT molecular complexity index is 447. The summed E-state index contributed by atoms with van der Waals surface area (Å²) in [4.78, 5) is 40.6. The molecule has 6 N–H and O–H groups in total. The molecule has 0 aromatic carbocycles. The molecule has 2 atom stereocenters. The lowest BCUT2D eigenvalue weighted by Crippen LogP contribution is -2.57. The lowest BCUT2D eigenvalue weighted by atomic mass is 9.92. The topological polar surface area (TPSA) is 145 Å². The molecule has 0 aromatic heterocycles. The molecule has 0 bridgehead atoms. The van der Waals surface area contributed by atoms with Crippen molar-refractivity contribution < 1.29 is 14.4 Å². The largest absolute Gasteiger partial charge is 0.370 e. The maximum Gasteiger partial charge on any atom is 0.240 e. The van der Waals surface area contributed by atoms with Crippen molar-refractivity contribution in [2.24, 2.45) is 22.2 Å². The number of aliphatic imine (C=N–C) groups is 1. The molecular weight excluding hydrogens is 274 g/mol. The van der Waals surface area contributed by atoms with Gasteiger partial charge >= 0.3 is 0 Å². The van der Waals surface area contributed by atoms with Crippen molar-refractivity contribution >= 4 is 23.9 Å². The second kappa shape index (κ2) is 7.16. The van der Waals surface area contributed by atoms with Crippen LogP contribution in [0.2, 0.25) is 0 Å². The minimum Gasteiger partial charge on any atom is -0.370 e. The first-order chi connectivity index (χ1) is 9.85. The molecule has 1 fully saturated rings. The van der Waals surface area contributed by atoms with Gasteiger partial charge in [0.15, 0.2) is 23.6 Å². The minimum absolute atomic E-state index is 0.00834. The maximum atomic E-state index is 12.4. The monoisotopic (exact) mass is 297 g/mol. The highest BCUT2D eigenvalue weighted by Crippen LogP contribution is 2.29. The van der Waals surface area contributed by atoms with Gasteiger partial charge in [-0.25, -0.2) is 0 Å². The number of nitrogens with zero attached hydrogens (tertiary/aromatic N) is 2. The normalized spacial score (nSPS) is 22.7. The molecule has 1 amide bonds. The van der Waals surface area contributed by atoms with Gasteiger partial charge in [-0.15, -0.1) is 0 Å². The van der Waals surface area contributed by atoms with E-state index >= 15 is 0 Å². The van der Waals surface area contributed by atoms with Gasteiger partial charge in [-0.2, -0.15) is 0 Å². The molecule has 0 radical (unpaired) electrons. The van der Waals surface area contributed by atoms with Crippen molar-refractivity contribution in [2.75, 3.05) is 13.1 Å². The third-order valence-corrected chi connectivity index (χ3v) is 3.78. The van der Waals surface area contributed by atoms with Gasteiger partial charge in [0.25, 0.3) is 0 Å². The van der Waals surface area contributed by atoms with E-state index in [-0.39, 0.29) is 17.6 Å². The average Bonchev–Trinajstić information content (AvgIpc) is 2.87. The van der Waals surface area contributed by atoms with Crippen LogP contribution in [0.5, 0.6) is 0 Å². The molecule has 1 rings (SSSR count). The summed E-state index contributed by atoms with van der Waals surface area (Å²) in [6, 6.07) is -0.768. The smallest absolute Gasteiger partial charge is 0.240 e. The highest BCUT2D eigenvalue weighted by atomic mass is 16.2. The zero-order valence-corrected chi connectivity index (χ0v) is 12.2. The van der Waals surface area contributed by atoms with Gasteiger partial charge < -0.3 is 26.9 Å². The molecule has 1 aliphatic heterocycles. The second-order valence-electron chi connectivity index (χ2n) is 5.25. The van der Waals surface area contributed by atoms with Crippen LogP contribution in [-0.4, -0.2) is 53.5 Å². The Labute approximate surface area is 123 Å². The van der Waals surface area contributed by atoms with Crippen LogP contribution < -0.4 is 17.2 Å². The third-order valence-electron chi connectivity index (χ3n) is 3.78. The fourth-order valence-electron chi connectivity index (χ4n) is 2.56. The molecular formula is C13H23N5O3. The van der Waals surface area contributed by atoms with Gasteiger partial charge in [0.05, 0.1) is 6.04 Å². The summed E-state index contributed by atoms with van der Waals surface area (Å²) in [7, 11) is 0. The summed E-state index contributed by atoms with van der Waals surface area (Å²) < 4.78 is 0. The summed E-state index contributed by atoms with van der Waals surface area (Å²) in [6.07, 6.45) is 2.47. The molecule has 0 aromatic rings. The van der Waals surface area contributed by atoms with Crippen LogP contribution in [0, 0.1) is 0 Å². The van der Waals surface area contributed by atoms with Crippen molar-refractivity contribution in [3.8, 4) is 0 Å². The van der Waals surface area contributed by atoms with Crippen LogP contribution in [0.15, 0.2) is 4.99 Å². The molecule has 8 heteroatoms. The number of hydrogen-bond acceptors (Lipinski definition) is 5. The Morgan fingerprint density at radius 1 is 1.43 bits per heavy atom. The lowest BCUT2D eigenvalue weighted by Gasteiger charge is -2.33. The van der Waals surface area contributed by atoms with Crippen LogP contribution in [0.1, 0.15) is 32.6 Å². The number of ketones is 1. The van der Waals surface area contributed by atoms with E-state index in [4.69, 9.17) is 17.2 Å². The molecule has 21 heavy (non-hydrogen) atoms. The van der Waals surface area contributed by atoms with Gasteiger partial charge in [0, 0.05) is 13.1 Å². The Morgan fingerprint density at radius 2 is 2.10 bits per heavy atom. The van der Waals surface area contributed by atoms with Gasteiger partial charge in [-0.1, -0.05) is 0 Å². The van der Waals surface area contributed by atoms with E-state index in [1.165, 1.54) is 11.8 Å². The number of guanidine groups is 1. The van der Waals surface area contributed by atoms with E-state index in [1.54, 1.807) is 0 Å². The van der Waals surface area contributed by atoms with Crippen LogP contribution in [0.4, 0.5) is 0 Å². The SMILES string of the molecule is CC(=O)[C@@]1(C=O)CCCN1C(=O)[C@@H](N)CCCN=C(N)N. The van der Waals surface area contributed by atoms with Crippen molar-refractivity contribution in [1.29, 1.82) is 0 Å². The van der Waals surface area contributed by atoms with E-state index in [2.05, 4.69) is 4.99 Å². The molecule has 1 saturated heterocycles. The maximum absolute atomic E-state index is 12.4. The predicted molar refractivity (Wildman–Crippen MR) is 78.3 cm³/mol. The number of carbonyl (C=O) groups is 3. The Hall–Kier alpha value is -1.96.